The predicted molar refractivity (Wildman–Crippen MR) is 73.1 cm³/mol. The van der Waals surface area contributed by atoms with Crippen LogP contribution >= 0.6 is 12.2 Å². The maximum Gasteiger partial charge on any atom is 0.220 e. The van der Waals surface area contributed by atoms with Gasteiger partial charge in [0.1, 0.15) is 5.82 Å². The molecule has 6 heteroatoms. The number of aryl methyl sites for hydroxylation is 1. The monoisotopic (exact) mass is 279 g/mol. The number of aromatic amines is 1. The number of fused-ring (bicyclic) bond motifs is 1. The molecular formula is C13H14FN3OS. The molecule has 1 aliphatic rings. The molecule has 3 rings (SSSR count). The van der Waals surface area contributed by atoms with Gasteiger partial charge in [0.25, 0.3) is 0 Å². The van der Waals surface area contributed by atoms with Gasteiger partial charge in [0.15, 0.2) is 4.77 Å². The van der Waals surface area contributed by atoms with E-state index in [1.54, 1.807) is 13.0 Å². The number of amides is 1. The molecule has 2 heterocycles. The molecule has 1 aliphatic heterocycles. The minimum atomic E-state index is -0.243. The fraction of sp³-hybridized carbons (Fsp3) is 0.385. The average molecular weight is 279 g/mol. The molecule has 1 aromatic carbocycles. The largest absolute Gasteiger partial charge is 0.354 e. The van der Waals surface area contributed by atoms with Crippen molar-refractivity contribution in [2.45, 2.75) is 25.8 Å². The van der Waals surface area contributed by atoms with Crippen LogP contribution in [0.1, 0.15) is 24.4 Å². The number of benzene rings is 1. The second-order valence-corrected chi connectivity index (χ2v) is 5.30. The highest BCUT2D eigenvalue weighted by molar-refractivity contribution is 7.71. The van der Waals surface area contributed by atoms with Crippen LogP contribution in [0.15, 0.2) is 12.1 Å². The smallest absolute Gasteiger partial charge is 0.220 e. The van der Waals surface area contributed by atoms with Crippen molar-refractivity contribution in [3.63, 3.8) is 0 Å². The van der Waals surface area contributed by atoms with E-state index in [4.69, 9.17) is 12.2 Å². The summed E-state index contributed by atoms with van der Waals surface area (Å²) >= 11 is 5.32. The number of nitrogens with one attached hydrogen (secondary N) is 2. The van der Waals surface area contributed by atoms with E-state index in [2.05, 4.69) is 10.3 Å². The van der Waals surface area contributed by atoms with Gasteiger partial charge in [0.2, 0.25) is 5.91 Å². The third-order valence-electron chi connectivity index (χ3n) is 3.60. The first-order valence-corrected chi connectivity index (χ1v) is 6.64. The number of imidazole rings is 1. The van der Waals surface area contributed by atoms with Crippen molar-refractivity contribution < 1.29 is 9.18 Å². The number of piperidine rings is 1. The Hall–Kier alpha value is -1.69. The summed E-state index contributed by atoms with van der Waals surface area (Å²) in [6.45, 7) is 2.30. The van der Waals surface area contributed by atoms with Crippen molar-refractivity contribution in [2.24, 2.45) is 0 Å². The third-order valence-corrected chi connectivity index (χ3v) is 3.90. The van der Waals surface area contributed by atoms with E-state index in [9.17, 15) is 9.18 Å². The van der Waals surface area contributed by atoms with Crippen molar-refractivity contribution >= 4 is 29.2 Å². The molecule has 1 aromatic heterocycles. The van der Waals surface area contributed by atoms with Crippen LogP contribution in [-0.4, -0.2) is 22.0 Å². The summed E-state index contributed by atoms with van der Waals surface area (Å²) in [7, 11) is 0. The molecule has 1 unspecified atom stereocenters. The first kappa shape index (κ1) is 12.3. The molecule has 0 aliphatic carbocycles. The Morgan fingerprint density at radius 2 is 2.26 bits per heavy atom. The Kier molecular flexibility index (Phi) is 2.89. The van der Waals surface area contributed by atoms with Crippen molar-refractivity contribution in [1.29, 1.82) is 0 Å². The lowest BCUT2D eigenvalue weighted by molar-refractivity contribution is -0.122. The van der Waals surface area contributed by atoms with E-state index >= 15 is 0 Å². The Labute approximate surface area is 114 Å². The highest BCUT2D eigenvalue weighted by atomic mass is 32.1. The number of hydrogen-bond donors (Lipinski definition) is 2. The Morgan fingerprint density at radius 1 is 1.47 bits per heavy atom. The molecule has 0 saturated carbocycles. The lowest BCUT2D eigenvalue weighted by atomic mass is 10.1. The topological polar surface area (TPSA) is 49.8 Å². The van der Waals surface area contributed by atoms with E-state index in [0.717, 1.165) is 11.9 Å². The SMILES string of the molecule is Cc1cc2c(cc1F)[nH]c(=S)n2C1CCC(=O)NC1. The van der Waals surface area contributed by atoms with E-state index in [1.807, 2.05) is 4.57 Å². The van der Waals surface area contributed by atoms with Crippen molar-refractivity contribution in [3.05, 3.63) is 28.3 Å². The van der Waals surface area contributed by atoms with Crippen LogP contribution in [0.4, 0.5) is 4.39 Å². The standard InChI is InChI=1S/C13H14FN3OS/c1-7-4-11-10(5-9(7)14)16-13(19)17(11)8-2-3-12(18)15-6-8/h4-5,8H,2-3,6H2,1H3,(H,15,18)(H,16,19). The fourth-order valence-electron chi connectivity index (χ4n) is 2.55. The van der Waals surface area contributed by atoms with Gasteiger partial charge < -0.3 is 14.9 Å². The first-order valence-electron chi connectivity index (χ1n) is 6.23. The molecule has 0 radical (unpaired) electrons. The predicted octanol–water partition coefficient (Wildman–Crippen LogP) is 2.60. The Morgan fingerprint density at radius 3 is 2.95 bits per heavy atom. The van der Waals surface area contributed by atoms with Crippen LogP contribution in [0.25, 0.3) is 11.0 Å². The molecule has 4 nitrogen and oxygen atoms in total. The maximum atomic E-state index is 13.6. The van der Waals surface area contributed by atoms with E-state index < -0.39 is 0 Å². The number of H-pyrrole nitrogens is 1. The van der Waals surface area contributed by atoms with Crippen LogP contribution in [0.3, 0.4) is 0 Å². The zero-order valence-corrected chi connectivity index (χ0v) is 11.3. The normalized spacial score (nSPS) is 19.7. The minimum Gasteiger partial charge on any atom is -0.354 e. The van der Waals surface area contributed by atoms with Gasteiger partial charge in [-0.2, -0.15) is 0 Å². The molecule has 1 atom stereocenters. The molecule has 1 saturated heterocycles. The quantitative estimate of drug-likeness (QED) is 0.788. The van der Waals surface area contributed by atoms with E-state index in [-0.39, 0.29) is 17.8 Å². The number of hydrogen-bond acceptors (Lipinski definition) is 2. The van der Waals surface area contributed by atoms with Gasteiger partial charge in [-0.3, -0.25) is 4.79 Å². The number of carbonyl (C=O) groups is 1. The Bertz CT molecular complexity index is 708. The van der Waals surface area contributed by atoms with Crippen LogP contribution in [-0.2, 0) is 4.79 Å². The average Bonchev–Trinajstić information content (AvgIpc) is 2.67. The van der Waals surface area contributed by atoms with Gasteiger partial charge in [-0.25, -0.2) is 4.39 Å². The van der Waals surface area contributed by atoms with E-state index in [0.29, 0.717) is 28.8 Å². The van der Waals surface area contributed by atoms with Gasteiger partial charge in [0, 0.05) is 13.0 Å². The molecule has 0 spiro atoms. The molecule has 19 heavy (non-hydrogen) atoms. The van der Waals surface area contributed by atoms with Crippen molar-refractivity contribution in [3.8, 4) is 0 Å². The molecule has 0 bridgehead atoms. The zero-order valence-electron chi connectivity index (χ0n) is 10.5. The number of rotatable bonds is 1. The molecule has 1 amide bonds. The molecule has 1 fully saturated rings. The zero-order chi connectivity index (χ0) is 13.6. The van der Waals surface area contributed by atoms with Gasteiger partial charge in [-0.05, 0) is 43.3 Å². The minimum absolute atomic E-state index is 0.0739. The lowest BCUT2D eigenvalue weighted by Crippen LogP contribution is -2.36. The van der Waals surface area contributed by atoms with Crippen molar-refractivity contribution in [1.82, 2.24) is 14.9 Å². The van der Waals surface area contributed by atoms with Crippen LogP contribution in [0, 0.1) is 17.5 Å². The van der Waals surface area contributed by atoms with Gasteiger partial charge in [-0.15, -0.1) is 0 Å². The van der Waals surface area contributed by atoms with Crippen LogP contribution in [0.2, 0.25) is 0 Å². The second-order valence-electron chi connectivity index (χ2n) is 4.92. The third kappa shape index (κ3) is 2.06. The molecule has 100 valence electrons. The van der Waals surface area contributed by atoms with Gasteiger partial charge >= 0.3 is 0 Å². The highest BCUT2D eigenvalue weighted by Crippen LogP contribution is 2.25. The maximum absolute atomic E-state index is 13.6. The summed E-state index contributed by atoms with van der Waals surface area (Å²) in [5, 5.41) is 2.84. The van der Waals surface area contributed by atoms with E-state index in [1.165, 1.54) is 6.07 Å². The van der Waals surface area contributed by atoms with Crippen LogP contribution in [0.5, 0.6) is 0 Å². The van der Waals surface area contributed by atoms with Crippen molar-refractivity contribution in [2.75, 3.05) is 6.54 Å². The van der Waals surface area contributed by atoms with Gasteiger partial charge in [0.05, 0.1) is 17.1 Å². The molecule has 2 aromatic rings. The second kappa shape index (κ2) is 4.45. The summed E-state index contributed by atoms with van der Waals surface area (Å²) in [5.74, 6) is -0.169. The number of aromatic nitrogens is 2. The lowest BCUT2D eigenvalue weighted by Gasteiger charge is -2.24. The fourth-order valence-corrected chi connectivity index (χ4v) is 2.91. The number of halogens is 1. The first-order chi connectivity index (χ1) is 9.06. The summed E-state index contributed by atoms with van der Waals surface area (Å²) < 4.78 is 16.1. The highest BCUT2D eigenvalue weighted by Gasteiger charge is 2.22. The number of carbonyl (C=O) groups excluding carboxylic acids is 1. The summed E-state index contributed by atoms with van der Waals surface area (Å²) in [5.41, 5.74) is 2.19. The summed E-state index contributed by atoms with van der Waals surface area (Å²) in [4.78, 5) is 14.3. The van der Waals surface area contributed by atoms with Gasteiger partial charge in [-0.1, -0.05) is 0 Å². The molecular weight excluding hydrogens is 265 g/mol. The summed E-state index contributed by atoms with van der Waals surface area (Å²) in [6, 6.07) is 3.40. The number of nitrogens with zero attached hydrogens (tertiary/aromatic N) is 1. The summed E-state index contributed by atoms with van der Waals surface area (Å²) in [6.07, 6.45) is 1.25. The molecule has 2 N–H and O–H groups in total. The van der Waals surface area contributed by atoms with Crippen LogP contribution < -0.4 is 5.32 Å². The Balaban J connectivity index is 2.12.